The molecule has 3 nitrogen and oxygen atoms in total. The molecule has 1 N–H and O–H groups in total. The molecule has 0 radical (unpaired) electrons. The van der Waals surface area contributed by atoms with E-state index in [1.807, 2.05) is 0 Å². The zero-order chi connectivity index (χ0) is 11.2. The van der Waals surface area contributed by atoms with E-state index in [2.05, 4.69) is 4.72 Å². The first-order valence-corrected chi connectivity index (χ1v) is 6.88. The average molecular weight is 242 g/mol. The molecule has 0 aromatic heterocycles. The lowest BCUT2D eigenvalue weighted by atomic mass is 10.2. The van der Waals surface area contributed by atoms with E-state index in [9.17, 15) is 8.42 Å². The molecule has 0 aliphatic carbocycles. The summed E-state index contributed by atoms with van der Waals surface area (Å²) in [5.41, 5.74) is 0. The molecule has 0 aromatic rings. The molecular formula is C9H20ClNO2S. The molecule has 0 heterocycles. The molecule has 0 saturated carbocycles. The Labute approximate surface area is 92.3 Å². The summed E-state index contributed by atoms with van der Waals surface area (Å²) in [4.78, 5) is 0. The van der Waals surface area contributed by atoms with Crippen molar-refractivity contribution in [2.75, 3.05) is 12.4 Å². The lowest BCUT2D eigenvalue weighted by molar-refractivity contribution is 0.541. The SMILES string of the molecule is CC(C)(C)S(=O)(=O)NCCCCCCl. The van der Waals surface area contributed by atoms with Gasteiger partial charge in [-0.1, -0.05) is 6.42 Å². The number of rotatable bonds is 6. The Morgan fingerprint density at radius 3 is 2.14 bits per heavy atom. The fourth-order valence-corrected chi connectivity index (χ4v) is 1.85. The lowest BCUT2D eigenvalue weighted by Crippen LogP contribution is -2.39. The highest BCUT2D eigenvalue weighted by Crippen LogP contribution is 2.12. The van der Waals surface area contributed by atoms with Gasteiger partial charge in [-0.25, -0.2) is 13.1 Å². The number of nitrogens with one attached hydrogen (secondary N) is 1. The third kappa shape index (κ3) is 5.17. The molecule has 5 heteroatoms. The number of halogens is 1. The fraction of sp³-hybridized carbons (Fsp3) is 1.00. The Morgan fingerprint density at radius 1 is 1.14 bits per heavy atom. The van der Waals surface area contributed by atoms with E-state index in [0.29, 0.717) is 12.4 Å². The van der Waals surface area contributed by atoms with Crippen LogP contribution in [0.1, 0.15) is 40.0 Å². The highest BCUT2D eigenvalue weighted by Gasteiger charge is 2.27. The van der Waals surface area contributed by atoms with E-state index < -0.39 is 14.8 Å². The van der Waals surface area contributed by atoms with E-state index in [0.717, 1.165) is 19.3 Å². The predicted molar refractivity (Wildman–Crippen MR) is 61.2 cm³/mol. The molecular weight excluding hydrogens is 222 g/mol. The van der Waals surface area contributed by atoms with Crippen molar-refractivity contribution in [3.8, 4) is 0 Å². The van der Waals surface area contributed by atoms with Gasteiger partial charge in [0.25, 0.3) is 0 Å². The van der Waals surface area contributed by atoms with Gasteiger partial charge in [-0.05, 0) is 33.6 Å². The van der Waals surface area contributed by atoms with Crippen molar-refractivity contribution in [1.29, 1.82) is 0 Å². The van der Waals surface area contributed by atoms with Crippen LogP contribution in [0.4, 0.5) is 0 Å². The average Bonchev–Trinajstić information content (AvgIpc) is 2.02. The zero-order valence-corrected chi connectivity index (χ0v) is 10.7. The molecule has 0 bridgehead atoms. The smallest absolute Gasteiger partial charge is 0.215 e. The van der Waals surface area contributed by atoms with Gasteiger partial charge in [0.1, 0.15) is 0 Å². The van der Waals surface area contributed by atoms with Crippen LogP contribution in [-0.2, 0) is 10.0 Å². The zero-order valence-electron chi connectivity index (χ0n) is 9.14. The van der Waals surface area contributed by atoms with Crippen molar-refractivity contribution in [2.45, 2.75) is 44.8 Å². The minimum Gasteiger partial charge on any atom is -0.215 e. The molecule has 86 valence electrons. The summed E-state index contributed by atoms with van der Waals surface area (Å²) in [7, 11) is -3.17. The number of sulfonamides is 1. The molecule has 0 saturated heterocycles. The second-order valence-corrected chi connectivity index (χ2v) is 7.16. The van der Waals surface area contributed by atoms with E-state index >= 15 is 0 Å². The van der Waals surface area contributed by atoms with Crippen LogP contribution in [0.5, 0.6) is 0 Å². The third-order valence-electron chi connectivity index (χ3n) is 1.91. The maximum Gasteiger partial charge on any atom is 0.216 e. The first-order valence-electron chi connectivity index (χ1n) is 4.86. The molecule has 0 aromatic carbocycles. The van der Waals surface area contributed by atoms with Gasteiger partial charge < -0.3 is 0 Å². The summed E-state index contributed by atoms with van der Waals surface area (Å²) in [6.07, 6.45) is 2.76. The minimum absolute atomic E-state index is 0.510. The summed E-state index contributed by atoms with van der Waals surface area (Å²) in [5, 5.41) is 0. The van der Waals surface area contributed by atoms with E-state index in [-0.39, 0.29) is 0 Å². The van der Waals surface area contributed by atoms with Gasteiger partial charge in [0, 0.05) is 12.4 Å². The van der Waals surface area contributed by atoms with Gasteiger partial charge in [0.05, 0.1) is 4.75 Å². The van der Waals surface area contributed by atoms with Crippen molar-refractivity contribution < 1.29 is 8.42 Å². The highest BCUT2D eigenvalue weighted by molar-refractivity contribution is 7.90. The van der Waals surface area contributed by atoms with Gasteiger partial charge in [-0.2, -0.15) is 0 Å². The van der Waals surface area contributed by atoms with Crippen LogP contribution >= 0.6 is 11.6 Å². The van der Waals surface area contributed by atoms with Crippen LogP contribution in [0.15, 0.2) is 0 Å². The van der Waals surface area contributed by atoms with E-state index in [4.69, 9.17) is 11.6 Å². The van der Waals surface area contributed by atoms with Gasteiger partial charge in [0.15, 0.2) is 0 Å². The summed E-state index contributed by atoms with van der Waals surface area (Å²) < 4.78 is 25.0. The predicted octanol–water partition coefficient (Wildman–Crippen LogP) is 2.11. The largest absolute Gasteiger partial charge is 0.216 e. The Balaban J connectivity index is 3.80. The summed E-state index contributed by atoms with van der Waals surface area (Å²) in [5.74, 6) is 0.645. The number of hydrogen-bond acceptors (Lipinski definition) is 2. The Morgan fingerprint density at radius 2 is 1.71 bits per heavy atom. The molecule has 0 atom stereocenters. The van der Waals surface area contributed by atoms with Crippen molar-refractivity contribution in [2.24, 2.45) is 0 Å². The standard InChI is InChI=1S/C9H20ClNO2S/c1-9(2,3)14(12,13)11-8-6-4-5-7-10/h11H,4-8H2,1-3H3. The summed E-state index contributed by atoms with van der Waals surface area (Å²) >= 11 is 5.50. The molecule has 0 unspecified atom stereocenters. The number of unbranched alkanes of at least 4 members (excludes halogenated alkanes) is 2. The summed E-state index contributed by atoms with van der Waals surface area (Å²) in [6.45, 7) is 5.58. The molecule has 0 aliphatic heterocycles. The van der Waals surface area contributed by atoms with Crippen LogP contribution in [0, 0.1) is 0 Å². The quantitative estimate of drug-likeness (QED) is 0.572. The molecule has 14 heavy (non-hydrogen) atoms. The van der Waals surface area contributed by atoms with Crippen LogP contribution < -0.4 is 4.72 Å². The van der Waals surface area contributed by atoms with E-state index in [1.165, 1.54) is 0 Å². The van der Waals surface area contributed by atoms with Crippen molar-refractivity contribution in [3.05, 3.63) is 0 Å². The van der Waals surface area contributed by atoms with Gasteiger partial charge in [-0.3, -0.25) is 0 Å². The Kier molecular flexibility index (Phi) is 6.02. The fourth-order valence-electron chi connectivity index (χ4n) is 0.819. The second kappa shape index (κ2) is 5.93. The topological polar surface area (TPSA) is 46.2 Å². The van der Waals surface area contributed by atoms with Crippen LogP contribution in [0.2, 0.25) is 0 Å². The molecule has 0 aliphatic rings. The van der Waals surface area contributed by atoms with Gasteiger partial charge in [-0.15, -0.1) is 11.6 Å². The normalized spacial score (nSPS) is 13.1. The lowest BCUT2D eigenvalue weighted by Gasteiger charge is -2.19. The maximum atomic E-state index is 11.5. The first kappa shape index (κ1) is 14.2. The molecule has 0 amide bonds. The summed E-state index contributed by atoms with van der Waals surface area (Å²) in [6, 6.07) is 0. The molecule has 0 rings (SSSR count). The van der Waals surface area contributed by atoms with Crippen LogP contribution in [0.3, 0.4) is 0 Å². The highest BCUT2D eigenvalue weighted by atomic mass is 35.5. The Hall–Kier alpha value is 0.200. The maximum absolute atomic E-state index is 11.5. The first-order chi connectivity index (χ1) is 6.31. The van der Waals surface area contributed by atoms with E-state index in [1.54, 1.807) is 20.8 Å². The number of alkyl halides is 1. The van der Waals surface area contributed by atoms with Gasteiger partial charge >= 0.3 is 0 Å². The molecule has 0 fully saturated rings. The van der Waals surface area contributed by atoms with Crippen molar-refractivity contribution in [3.63, 3.8) is 0 Å². The van der Waals surface area contributed by atoms with Crippen LogP contribution in [-0.4, -0.2) is 25.6 Å². The monoisotopic (exact) mass is 241 g/mol. The second-order valence-electron chi connectivity index (χ2n) is 4.26. The molecule has 0 spiro atoms. The van der Waals surface area contributed by atoms with Gasteiger partial charge in [0.2, 0.25) is 10.0 Å². The third-order valence-corrected chi connectivity index (χ3v) is 4.37. The van der Waals surface area contributed by atoms with Crippen molar-refractivity contribution in [1.82, 2.24) is 4.72 Å². The van der Waals surface area contributed by atoms with Crippen molar-refractivity contribution >= 4 is 21.6 Å². The Bertz CT molecular complexity index is 244. The van der Waals surface area contributed by atoms with Crippen LogP contribution in [0.25, 0.3) is 0 Å². The minimum atomic E-state index is -3.17. The number of hydrogen-bond donors (Lipinski definition) is 1.